The van der Waals surface area contributed by atoms with Crippen molar-refractivity contribution in [2.24, 2.45) is 5.10 Å². The van der Waals surface area contributed by atoms with E-state index in [9.17, 15) is 10.1 Å². The van der Waals surface area contributed by atoms with Crippen LogP contribution in [-0.2, 0) is 6.61 Å². The van der Waals surface area contributed by atoms with Crippen molar-refractivity contribution in [2.75, 3.05) is 5.43 Å². The molecule has 0 radical (unpaired) electrons. The standard InChI is InChI=1S/C18H16N4O3S/c1-13-12-26-18(20-13)21-19-10-14-4-8-17(9-5-14)25-11-15-2-6-16(7-3-15)22(23)24/h2-10,12H,11H2,1H3,(H,20,21). The maximum absolute atomic E-state index is 10.6. The molecule has 26 heavy (non-hydrogen) atoms. The molecule has 0 atom stereocenters. The van der Waals surface area contributed by atoms with Crippen LogP contribution in [0.25, 0.3) is 0 Å². The molecule has 1 aromatic heterocycles. The Bertz CT molecular complexity index is 905. The van der Waals surface area contributed by atoms with Gasteiger partial charge in [0.2, 0.25) is 5.13 Å². The molecule has 7 nitrogen and oxygen atoms in total. The lowest BCUT2D eigenvalue weighted by molar-refractivity contribution is -0.384. The first-order valence-electron chi connectivity index (χ1n) is 7.77. The second-order valence-corrected chi connectivity index (χ2v) is 6.30. The van der Waals surface area contributed by atoms with Crippen LogP contribution in [0.2, 0.25) is 0 Å². The summed E-state index contributed by atoms with van der Waals surface area (Å²) < 4.78 is 5.69. The van der Waals surface area contributed by atoms with Crippen molar-refractivity contribution >= 4 is 28.4 Å². The number of hydrazone groups is 1. The average molecular weight is 368 g/mol. The summed E-state index contributed by atoms with van der Waals surface area (Å²) in [7, 11) is 0. The van der Waals surface area contributed by atoms with Crippen molar-refractivity contribution in [2.45, 2.75) is 13.5 Å². The van der Waals surface area contributed by atoms with E-state index in [1.54, 1.807) is 18.3 Å². The lowest BCUT2D eigenvalue weighted by Crippen LogP contribution is -1.96. The predicted molar refractivity (Wildman–Crippen MR) is 102 cm³/mol. The van der Waals surface area contributed by atoms with Gasteiger partial charge in [-0.05, 0) is 54.4 Å². The largest absolute Gasteiger partial charge is 0.489 e. The molecule has 3 aromatic rings. The van der Waals surface area contributed by atoms with E-state index in [1.165, 1.54) is 23.5 Å². The molecule has 132 valence electrons. The maximum atomic E-state index is 10.6. The minimum absolute atomic E-state index is 0.0684. The third-order valence-corrected chi connectivity index (χ3v) is 4.29. The van der Waals surface area contributed by atoms with Gasteiger partial charge in [0, 0.05) is 17.5 Å². The highest BCUT2D eigenvalue weighted by Crippen LogP contribution is 2.17. The second kappa shape index (κ2) is 8.21. The Labute approximate surface area is 154 Å². The summed E-state index contributed by atoms with van der Waals surface area (Å²) >= 11 is 1.50. The van der Waals surface area contributed by atoms with E-state index < -0.39 is 4.92 Å². The quantitative estimate of drug-likeness (QED) is 0.380. The van der Waals surface area contributed by atoms with Gasteiger partial charge in [-0.1, -0.05) is 0 Å². The summed E-state index contributed by atoms with van der Waals surface area (Å²) in [5.74, 6) is 0.712. The van der Waals surface area contributed by atoms with Gasteiger partial charge in [-0.25, -0.2) is 4.98 Å². The van der Waals surface area contributed by atoms with Crippen LogP contribution in [-0.4, -0.2) is 16.1 Å². The first kappa shape index (κ1) is 17.6. The van der Waals surface area contributed by atoms with Crippen LogP contribution in [0.5, 0.6) is 5.75 Å². The van der Waals surface area contributed by atoms with Crippen LogP contribution in [0, 0.1) is 17.0 Å². The molecular weight excluding hydrogens is 352 g/mol. The normalized spacial score (nSPS) is 10.8. The number of ether oxygens (including phenoxy) is 1. The Balaban J connectivity index is 1.51. The molecule has 0 unspecified atom stereocenters. The van der Waals surface area contributed by atoms with Crippen LogP contribution in [0.1, 0.15) is 16.8 Å². The van der Waals surface area contributed by atoms with Gasteiger partial charge >= 0.3 is 0 Å². The van der Waals surface area contributed by atoms with Crippen LogP contribution in [0.15, 0.2) is 59.0 Å². The zero-order chi connectivity index (χ0) is 18.4. The van der Waals surface area contributed by atoms with Crippen LogP contribution >= 0.6 is 11.3 Å². The summed E-state index contributed by atoms with van der Waals surface area (Å²) in [5, 5.41) is 17.5. The molecule has 0 saturated carbocycles. The molecule has 0 aliphatic heterocycles. The minimum Gasteiger partial charge on any atom is -0.489 e. The van der Waals surface area contributed by atoms with E-state index in [0.29, 0.717) is 12.4 Å². The highest BCUT2D eigenvalue weighted by Gasteiger charge is 2.04. The average Bonchev–Trinajstić information content (AvgIpc) is 3.06. The zero-order valence-electron chi connectivity index (χ0n) is 14.0. The number of aromatic nitrogens is 1. The molecule has 0 bridgehead atoms. The number of nitro benzene ring substituents is 1. The fraction of sp³-hybridized carbons (Fsp3) is 0.111. The van der Waals surface area contributed by atoms with Gasteiger partial charge in [0.25, 0.3) is 5.69 Å². The Morgan fingerprint density at radius 2 is 1.96 bits per heavy atom. The Hall–Kier alpha value is -3.26. The number of hydrogen-bond acceptors (Lipinski definition) is 7. The highest BCUT2D eigenvalue weighted by molar-refractivity contribution is 7.13. The molecule has 3 rings (SSSR count). The first-order chi connectivity index (χ1) is 12.6. The smallest absolute Gasteiger partial charge is 0.269 e. The molecule has 0 fully saturated rings. The lowest BCUT2D eigenvalue weighted by atomic mass is 10.2. The van der Waals surface area contributed by atoms with Crippen molar-refractivity contribution in [1.82, 2.24) is 4.98 Å². The van der Waals surface area contributed by atoms with Gasteiger partial charge in [0.05, 0.1) is 16.8 Å². The van der Waals surface area contributed by atoms with Crippen molar-refractivity contribution in [3.8, 4) is 5.75 Å². The number of nitrogens with zero attached hydrogens (tertiary/aromatic N) is 3. The van der Waals surface area contributed by atoms with E-state index in [0.717, 1.165) is 22.0 Å². The molecule has 1 heterocycles. The van der Waals surface area contributed by atoms with E-state index in [4.69, 9.17) is 4.74 Å². The van der Waals surface area contributed by atoms with Gasteiger partial charge in [-0.3, -0.25) is 15.5 Å². The van der Waals surface area contributed by atoms with Gasteiger partial charge in [0.15, 0.2) is 0 Å². The van der Waals surface area contributed by atoms with Crippen LogP contribution in [0.4, 0.5) is 10.8 Å². The molecule has 0 aliphatic rings. The number of thiazole rings is 1. The number of anilines is 1. The SMILES string of the molecule is Cc1csc(NN=Cc2ccc(OCc3ccc([N+](=O)[O-])cc3)cc2)n1. The molecular formula is C18H16N4O3S. The third-order valence-electron chi connectivity index (χ3n) is 3.43. The monoisotopic (exact) mass is 368 g/mol. The molecule has 1 N–H and O–H groups in total. The number of benzene rings is 2. The second-order valence-electron chi connectivity index (χ2n) is 5.45. The first-order valence-corrected chi connectivity index (χ1v) is 8.65. The summed E-state index contributed by atoms with van der Waals surface area (Å²) in [4.78, 5) is 14.5. The Morgan fingerprint density at radius 3 is 2.58 bits per heavy atom. The Kier molecular flexibility index (Phi) is 5.55. The van der Waals surface area contributed by atoms with Crippen molar-refractivity contribution in [1.29, 1.82) is 0 Å². The number of non-ortho nitro benzene ring substituents is 1. The van der Waals surface area contributed by atoms with Crippen LogP contribution < -0.4 is 10.2 Å². The number of nitrogens with one attached hydrogen (secondary N) is 1. The van der Waals surface area contributed by atoms with E-state index in [2.05, 4.69) is 15.5 Å². The van der Waals surface area contributed by atoms with Gasteiger partial charge in [-0.2, -0.15) is 5.10 Å². The highest BCUT2D eigenvalue weighted by atomic mass is 32.1. The van der Waals surface area contributed by atoms with E-state index >= 15 is 0 Å². The van der Waals surface area contributed by atoms with E-state index in [1.807, 2.05) is 36.6 Å². The summed E-state index contributed by atoms with van der Waals surface area (Å²) in [6, 6.07) is 13.8. The minimum atomic E-state index is -0.421. The predicted octanol–water partition coefficient (Wildman–Crippen LogP) is 4.38. The number of aryl methyl sites for hydroxylation is 1. The number of nitro groups is 1. The van der Waals surface area contributed by atoms with Gasteiger partial charge < -0.3 is 4.74 Å². The molecule has 2 aromatic carbocycles. The molecule has 0 aliphatic carbocycles. The van der Waals surface area contributed by atoms with Crippen molar-refractivity contribution in [3.63, 3.8) is 0 Å². The lowest BCUT2D eigenvalue weighted by Gasteiger charge is -2.06. The van der Waals surface area contributed by atoms with Crippen LogP contribution in [0.3, 0.4) is 0 Å². The van der Waals surface area contributed by atoms with Crippen molar-refractivity contribution in [3.05, 3.63) is 80.8 Å². The number of rotatable bonds is 7. The van der Waals surface area contributed by atoms with Gasteiger partial charge in [-0.15, -0.1) is 11.3 Å². The molecule has 8 heteroatoms. The topological polar surface area (TPSA) is 89.7 Å². The molecule has 0 amide bonds. The summed E-state index contributed by atoms with van der Waals surface area (Å²) in [5.41, 5.74) is 5.70. The molecule has 0 saturated heterocycles. The van der Waals surface area contributed by atoms with Gasteiger partial charge in [0.1, 0.15) is 12.4 Å². The number of hydrogen-bond donors (Lipinski definition) is 1. The fourth-order valence-electron chi connectivity index (χ4n) is 2.10. The Morgan fingerprint density at radius 1 is 1.23 bits per heavy atom. The maximum Gasteiger partial charge on any atom is 0.269 e. The summed E-state index contributed by atoms with van der Waals surface area (Å²) in [6.45, 7) is 2.27. The fourth-order valence-corrected chi connectivity index (χ4v) is 2.74. The summed E-state index contributed by atoms with van der Waals surface area (Å²) in [6.07, 6.45) is 1.71. The third kappa shape index (κ3) is 4.87. The zero-order valence-corrected chi connectivity index (χ0v) is 14.8. The molecule has 0 spiro atoms. The van der Waals surface area contributed by atoms with E-state index in [-0.39, 0.29) is 5.69 Å². The van der Waals surface area contributed by atoms with Crippen molar-refractivity contribution < 1.29 is 9.66 Å².